The number of aromatic nitrogens is 1. The molecule has 30 heavy (non-hydrogen) atoms. The molecule has 1 fully saturated rings. The fourth-order valence-electron chi connectivity index (χ4n) is 4.72. The minimum Gasteiger partial charge on any atom is -0.396 e. The maximum atomic E-state index is 13.6. The number of nitrogens with zero attached hydrogens (tertiary/aromatic N) is 2. The molecule has 0 unspecified atom stereocenters. The van der Waals surface area contributed by atoms with Crippen LogP contribution in [0.25, 0.3) is 0 Å². The van der Waals surface area contributed by atoms with E-state index in [9.17, 15) is 23.1 Å². The van der Waals surface area contributed by atoms with Gasteiger partial charge in [-0.1, -0.05) is 20.8 Å². The van der Waals surface area contributed by atoms with Gasteiger partial charge in [-0.3, -0.25) is 9.78 Å². The molecule has 0 aromatic carbocycles. The molecule has 1 aromatic heterocycles. The SMILES string of the molecule is CC(C)[C@]1(C(=O)N2CCc3ncc(C(F)(F)F)cc3C2)CC[C@@H](NC[C@H](C)CO)C1. The molecule has 0 saturated heterocycles. The van der Waals surface area contributed by atoms with E-state index in [0.717, 1.165) is 25.1 Å². The van der Waals surface area contributed by atoms with E-state index < -0.39 is 17.2 Å². The predicted octanol–water partition coefficient (Wildman–Crippen LogP) is 3.40. The minimum atomic E-state index is -4.44. The van der Waals surface area contributed by atoms with E-state index in [1.165, 1.54) is 0 Å². The highest BCUT2D eigenvalue weighted by Gasteiger charge is 2.49. The van der Waals surface area contributed by atoms with Crippen LogP contribution in [0.1, 0.15) is 56.9 Å². The molecule has 8 heteroatoms. The highest BCUT2D eigenvalue weighted by molar-refractivity contribution is 5.83. The summed E-state index contributed by atoms with van der Waals surface area (Å²) in [4.78, 5) is 19.3. The van der Waals surface area contributed by atoms with E-state index in [1.807, 2.05) is 6.92 Å². The van der Waals surface area contributed by atoms with Crippen molar-refractivity contribution in [3.8, 4) is 0 Å². The fourth-order valence-corrected chi connectivity index (χ4v) is 4.72. The Morgan fingerprint density at radius 1 is 1.40 bits per heavy atom. The number of pyridine rings is 1. The number of amides is 1. The average Bonchev–Trinajstić information content (AvgIpc) is 3.15. The van der Waals surface area contributed by atoms with Gasteiger partial charge in [0.15, 0.2) is 0 Å². The van der Waals surface area contributed by atoms with E-state index in [0.29, 0.717) is 37.2 Å². The molecular weight excluding hydrogens is 395 g/mol. The largest absolute Gasteiger partial charge is 0.417 e. The van der Waals surface area contributed by atoms with Gasteiger partial charge in [-0.2, -0.15) is 13.2 Å². The molecule has 5 nitrogen and oxygen atoms in total. The molecule has 2 heterocycles. The normalized spacial score (nSPS) is 25.5. The van der Waals surface area contributed by atoms with Crippen LogP contribution in [0.5, 0.6) is 0 Å². The van der Waals surface area contributed by atoms with Crippen molar-refractivity contribution >= 4 is 5.91 Å². The first-order chi connectivity index (χ1) is 14.1. The van der Waals surface area contributed by atoms with Gasteiger partial charge in [0.25, 0.3) is 0 Å². The van der Waals surface area contributed by atoms with Gasteiger partial charge in [0, 0.05) is 50.6 Å². The smallest absolute Gasteiger partial charge is 0.396 e. The number of hydrogen-bond donors (Lipinski definition) is 2. The second-order valence-corrected chi connectivity index (χ2v) is 9.25. The number of rotatable bonds is 6. The van der Waals surface area contributed by atoms with Crippen molar-refractivity contribution < 1.29 is 23.1 Å². The predicted molar refractivity (Wildman–Crippen MR) is 108 cm³/mol. The number of alkyl halides is 3. The topological polar surface area (TPSA) is 65.5 Å². The first-order valence-electron chi connectivity index (χ1n) is 10.8. The third-order valence-electron chi connectivity index (χ3n) is 6.80. The Balaban J connectivity index is 1.74. The number of halogens is 3. The quantitative estimate of drug-likeness (QED) is 0.730. The van der Waals surface area contributed by atoms with Crippen LogP contribution in [0, 0.1) is 17.3 Å². The highest BCUT2D eigenvalue weighted by atomic mass is 19.4. The molecule has 1 saturated carbocycles. The zero-order valence-electron chi connectivity index (χ0n) is 17.9. The van der Waals surface area contributed by atoms with Crippen molar-refractivity contribution in [3.05, 3.63) is 29.1 Å². The summed E-state index contributed by atoms with van der Waals surface area (Å²) in [5.74, 6) is 0.330. The molecule has 168 valence electrons. The van der Waals surface area contributed by atoms with Gasteiger partial charge >= 0.3 is 6.18 Å². The van der Waals surface area contributed by atoms with E-state index in [4.69, 9.17) is 0 Å². The Kier molecular flexibility index (Phi) is 6.77. The molecule has 2 N–H and O–H groups in total. The second-order valence-electron chi connectivity index (χ2n) is 9.25. The Morgan fingerprint density at radius 2 is 2.13 bits per heavy atom. The third kappa shape index (κ3) is 4.64. The summed E-state index contributed by atoms with van der Waals surface area (Å²) in [7, 11) is 0. The maximum Gasteiger partial charge on any atom is 0.417 e. The molecule has 3 atom stereocenters. The summed E-state index contributed by atoms with van der Waals surface area (Å²) in [6.45, 7) is 7.56. The Morgan fingerprint density at radius 3 is 2.77 bits per heavy atom. The van der Waals surface area contributed by atoms with Gasteiger partial charge in [-0.05, 0) is 42.7 Å². The Bertz CT molecular complexity index is 768. The molecule has 1 aliphatic carbocycles. The molecule has 0 bridgehead atoms. The summed E-state index contributed by atoms with van der Waals surface area (Å²) in [5, 5.41) is 12.7. The van der Waals surface area contributed by atoms with E-state index >= 15 is 0 Å². The van der Waals surface area contributed by atoms with Crippen LogP contribution in [0.4, 0.5) is 13.2 Å². The lowest BCUT2D eigenvalue weighted by Gasteiger charge is -2.39. The van der Waals surface area contributed by atoms with Gasteiger partial charge < -0.3 is 15.3 Å². The van der Waals surface area contributed by atoms with Gasteiger partial charge in [-0.15, -0.1) is 0 Å². The third-order valence-corrected chi connectivity index (χ3v) is 6.80. The van der Waals surface area contributed by atoms with Crippen LogP contribution in [-0.2, 0) is 23.9 Å². The van der Waals surface area contributed by atoms with Crippen LogP contribution >= 0.6 is 0 Å². The highest BCUT2D eigenvalue weighted by Crippen LogP contribution is 2.46. The van der Waals surface area contributed by atoms with E-state index in [-0.39, 0.29) is 36.9 Å². The van der Waals surface area contributed by atoms with E-state index in [2.05, 4.69) is 24.1 Å². The first kappa shape index (κ1) is 23.0. The van der Waals surface area contributed by atoms with Crippen molar-refractivity contribution in [2.75, 3.05) is 19.7 Å². The lowest BCUT2D eigenvalue weighted by molar-refractivity contribution is -0.145. The molecular formula is C22H32F3N3O2. The van der Waals surface area contributed by atoms with Crippen LogP contribution in [0.2, 0.25) is 0 Å². The minimum absolute atomic E-state index is 0.0417. The second kappa shape index (κ2) is 8.83. The maximum absolute atomic E-state index is 13.6. The van der Waals surface area contributed by atoms with Crippen molar-refractivity contribution in [1.29, 1.82) is 0 Å². The van der Waals surface area contributed by atoms with Gasteiger partial charge in [0.2, 0.25) is 5.91 Å². The van der Waals surface area contributed by atoms with E-state index in [1.54, 1.807) is 4.90 Å². The Hall–Kier alpha value is -1.67. The number of carbonyl (C=O) groups is 1. The molecule has 1 aromatic rings. The summed E-state index contributed by atoms with van der Waals surface area (Å²) in [5.41, 5.74) is -0.133. The molecule has 1 aliphatic heterocycles. The monoisotopic (exact) mass is 427 g/mol. The summed E-state index contributed by atoms with van der Waals surface area (Å²) in [6, 6.07) is 1.35. The van der Waals surface area contributed by atoms with Gasteiger partial charge in [-0.25, -0.2) is 0 Å². The molecule has 0 radical (unpaired) electrons. The van der Waals surface area contributed by atoms with Crippen LogP contribution < -0.4 is 5.32 Å². The zero-order valence-corrected chi connectivity index (χ0v) is 17.9. The first-order valence-corrected chi connectivity index (χ1v) is 10.8. The number of hydrogen-bond acceptors (Lipinski definition) is 4. The summed E-state index contributed by atoms with van der Waals surface area (Å²) >= 11 is 0. The molecule has 3 rings (SSSR count). The van der Waals surface area contributed by atoms with Crippen LogP contribution in [0.15, 0.2) is 12.3 Å². The molecule has 0 spiro atoms. The van der Waals surface area contributed by atoms with Gasteiger partial charge in [0.05, 0.1) is 11.0 Å². The number of nitrogens with one attached hydrogen (secondary N) is 1. The Labute approximate surface area is 176 Å². The van der Waals surface area contributed by atoms with Crippen molar-refractivity contribution in [2.45, 2.75) is 65.2 Å². The average molecular weight is 428 g/mol. The standard InChI is InChI=1S/C22H32F3N3O2/c1-14(2)21(6-4-18(9-21)26-10-15(3)13-29)20(30)28-7-5-19-16(12-28)8-17(11-27-19)22(23,24)25/h8,11,14-15,18,26,29H,4-7,9-10,12-13H2,1-3H3/t15-,18+,21-/m0/s1. The number of carbonyl (C=O) groups excluding carboxylic acids is 1. The molecule has 1 amide bonds. The zero-order chi connectivity index (χ0) is 22.1. The van der Waals surface area contributed by atoms with Crippen molar-refractivity contribution in [1.82, 2.24) is 15.2 Å². The molecule has 2 aliphatic rings. The number of fused-ring (bicyclic) bond motifs is 1. The summed E-state index contributed by atoms with van der Waals surface area (Å²) < 4.78 is 39.2. The lowest BCUT2D eigenvalue weighted by Crippen LogP contribution is -2.48. The fraction of sp³-hybridized carbons (Fsp3) is 0.727. The van der Waals surface area contributed by atoms with Crippen molar-refractivity contribution in [2.24, 2.45) is 17.3 Å². The van der Waals surface area contributed by atoms with Crippen LogP contribution in [-0.4, -0.2) is 46.6 Å². The summed E-state index contributed by atoms with van der Waals surface area (Å²) in [6.07, 6.45) is -0.726. The number of aliphatic hydroxyl groups excluding tert-OH is 1. The van der Waals surface area contributed by atoms with Gasteiger partial charge in [0.1, 0.15) is 0 Å². The lowest BCUT2D eigenvalue weighted by atomic mass is 9.74. The van der Waals surface area contributed by atoms with Crippen LogP contribution in [0.3, 0.4) is 0 Å². The number of aliphatic hydroxyl groups is 1. The van der Waals surface area contributed by atoms with Crippen molar-refractivity contribution in [3.63, 3.8) is 0 Å².